The Kier molecular flexibility index (Phi) is 7.05. The van der Waals surface area contributed by atoms with E-state index in [2.05, 4.69) is 13.6 Å². The summed E-state index contributed by atoms with van der Waals surface area (Å²) in [5.74, 6) is 0. The maximum Gasteiger partial charge on any atom is 0.475 e. The van der Waals surface area contributed by atoms with Gasteiger partial charge in [0, 0.05) is 0 Å². The van der Waals surface area contributed by atoms with Crippen molar-refractivity contribution in [2.45, 2.75) is 6.18 Å². The van der Waals surface area contributed by atoms with E-state index in [0.29, 0.717) is 0 Å². The molecule has 0 unspecified atom stereocenters. The normalized spacial score (nSPS) is 13.1. The number of phosphoric acid groups is 1. The molecule has 0 saturated heterocycles. The summed E-state index contributed by atoms with van der Waals surface area (Å²) in [5, 5.41) is 0. The maximum atomic E-state index is 11.7. The Hall–Kier alpha value is -0.240. The molecular formula is C6H10F5O4P. The second-order valence-electron chi connectivity index (χ2n) is 2.38. The molecule has 0 bridgehead atoms. The van der Waals surface area contributed by atoms with E-state index in [4.69, 9.17) is 0 Å². The van der Waals surface area contributed by atoms with Crippen molar-refractivity contribution in [1.82, 2.24) is 0 Å². The second kappa shape index (κ2) is 7.16. The Bertz CT molecular complexity index is 221. The first-order chi connectivity index (χ1) is 7.33. The molecular weight excluding hydrogens is 262 g/mol. The molecule has 0 saturated carbocycles. The van der Waals surface area contributed by atoms with Crippen LogP contribution in [0.25, 0.3) is 0 Å². The first-order valence-corrected chi connectivity index (χ1v) is 5.51. The molecule has 0 aromatic rings. The van der Waals surface area contributed by atoms with Gasteiger partial charge in [0.1, 0.15) is 13.3 Å². The van der Waals surface area contributed by atoms with Gasteiger partial charge in [-0.05, 0) is 0 Å². The highest BCUT2D eigenvalue weighted by Crippen LogP contribution is 2.50. The Balaban J connectivity index is 4.23. The van der Waals surface area contributed by atoms with E-state index in [1.54, 1.807) is 0 Å². The van der Waals surface area contributed by atoms with Crippen molar-refractivity contribution in [1.29, 1.82) is 0 Å². The van der Waals surface area contributed by atoms with Gasteiger partial charge in [0.15, 0.2) is 6.61 Å². The molecule has 0 radical (unpaired) electrons. The van der Waals surface area contributed by atoms with Gasteiger partial charge in [-0.3, -0.25) is 13.6 Å². The van der Waals surface area contributed by atoms with Crippen molar-refractivity contribution < 1.29 is 40.1 Å². The van der Waals surface area contributed by atoms with E-state index in [9.17, 15) is 26.5 Å². The average molecular weight is 272 g/mol. The predicted octanol–water partition coefficient (Wildman–Crippen LogP) is 2.65. The molecule has 4 nitrogen and oxygen atoms in total. The van der Waals surface area contributed by atoms with Crippen LogP contribution >= 0.6 is 7.82 Å². The molecule has 0 aliphatic carbocycles. The SMILES string of the molecule is O=P(OCCF)(OCCF)OCC(F)(F)F. The lowest BCUT2D eigenvalue weighted by molar-refractivity contribution is -0.158. The zero-order valence-corrected chi connectivity index (χ0v) is 8.90. The van der Waals surface area contributed by atoms with Gasteiger partial charge in [0.2, 0.25) is 0 Å². The van der Waals surface area contributed by atoms with Crippen molar-refractivity contribution >= 4 is 7.82 Å². The Morgan fingerprint density at radius 1 is 0.938 bits per heavy atom. The molecule has 0 aliphatic heterocycles. The quantitative estimate of drug-likeness (QED) is 0.503. The summed E-state index contributed by atoms with van der Waals surface area (Å²) in [4.78, 5) is 0. The summed E-state index contributed by atoms with van der Waals surface area (Å²) < 4.78 is 81.9. The molecule has 0 amide bonds. The molecule has 0 rings (SSSR count). The Morgan fingerprint density at radius 3 is 1.69 bits per heavy atom. The summed E-state index contributed by atoms with van der Waals surface area (Å²) in [7, 11) is -4.55. The van der Waals surface area contributed by atoms with Gasteiger partial charge in [-0.1, -0.05) is 0 Å². The van der Waals surface area contributed by atoms with Crippen LogP contribution in [0.1, 0.15) is 0 Å². The third-order valence-corrected chi connectivity index (χ3v) is 2.48. The highest BCUT2D eigenvalue weighted by Gasteiger charge is 2.35. The molecule has 16 heavy (non-hydrogen) atoms. The molecule has 10 heteroatoms. The summed E-state index contributed by atoms with van der Waals surface area (Å²) in [6, 6.07) is 0. The minimum absolute atomic E-state index is 0.762. The Morgan fingerprint density at radius 2 is 1.38 bits per heavy atom. The van der Waals surface area contributed by atoms with Crippen LogP contribution in [0.2, 0.25) is 0 Å². The van der Waals surface area contributed by atoms with Crippen LogP contribution in [0.15, 0.2) is 0 Å². The molecule has 0 aromatic carbocycles. The van der Waals surface area contributed by atoms with Crippen LogP contribution in [-0.2, 0) is 18.1 Å². The van der Waals surface area contributed by atoms with Gasteiger partial charge >= 0.3 is 14.0 Å². The smallest absolute Gasteiger partial charge is 0.284 e. The van der Waals surface area contributed by atoms with E-state index in [1.807, 2.05) is 0 Å². The molecule has 0 N–H and O–H groups in total. The number of halogens is 5. The molecule has 98 valence electrons. The number of hydrogen-bond donors (Lipinski definition) is 0. The van der Waals surface area contributed by atoms with Crippen LogP contribution < -0.4 is 0 Å². The lowest BCUT2D eigenvalue weighted by Gasteiger charge is -2.17. The minimum atomic E-state index is -4.74. The monoisotopic (exact) mass is 272 g/mol. The molecule has 0 aromatic heterocycles. The number of rotatable bonds is 8. The van der Waals surface area contributed by atoms with Crippen LogP contribution in [0.3, 0.4) is 0 Å². The zero-order chi connectivity index (χ0) is 12.7. The van der Waals surface area contributed by atoms with Gasteiger partial charge in [0.05, 0.1) is 13.2 Å². The highest BCUT2D eigenvalue weighted by molar-refractivity contribution is 7.48. The minimum Gasteiger partial charge on any atom is -0.284 e. The van der Waals surface area contributed by atoms with Crippen molar-refractivity contribution in [3.8, 4) is 0 Å². The molecule has 0 aliphatic rings. The number of phosphoric ester groups is 1. The fraction of sp³-hybridized carbons (Fsp3) is 1.00. The van der Waals surface area contributed by atoms with Crippen LogP contribution in [0.4, 0.5) is 22.0 Å². The van der Waals surface area contributed by atoms with Crippen molar-refractivity contribution in [2.75, 3.05) is 33.2 Å². The van der Waals surface area contributed by atoms with Gasteiger partial charge in [-0.15, -0.1) is 0 Å². The highest BCUT2D eigenvalue weighted by atomic mass is 31.2. The van der Waals surface area contributed by atoms with Gasteiger partial charge < -0.3 is 0 Å². The van der Waals surface area contributed by atoms with Crippen LogP contribution in [0.5, 0.6) is 0 Å². The van der Waals surface area contributed by atoms with E-state index < -0.39 is 47.2 Å². The Labute approximate surface area is 88.3 Å². The lowest BCUT2D eigenvalue weighted by atomic mass is 10.7. The fourth-order valence-corrected chi connectivity index (χ4v) is 1.67. The summed E-state index contributed by atoms with van der Waals surface area (Å²) in [6.45, 7) is -5.58. The summed E-state index contributed by atoms with van der Waals surface area (Å²) in [6.07, 6.45) is -4.74. The van der Waals surface area contributed by atoms with Crippen molar-refractivity contribution in [3.63, 3.8) is 0 Å². The first kappa shape index (κ1) is 15.8. The molecule has 0 atom stereocenters. The van der Waals surface area contributed by atoms with E-state index in [0.717, 1.165) is 0 Å². The third-order valence-electron chi connectivity index (χ3n) is 1.04. The molecule has 0 heterocycles. The van der Waals surface area contributed by atoms with Gasteiger partial charge in [0.25, 0.3) is 0 Å². The first-order valence-electron chi connectivity index (χ1n) is 4.05. The van der Waals surface area contributed by atoms with E-state index in [-0.39, 0.29) is 0 Å². The summed E-state index contributed by atoms with van der Waals surface area (Å²) >= 11 is 0. The number of alkyl halides is 5. The van der Waals surface area contributed by atoms with Crippen molar-refractivity contribution in [2.24, 2.45) is 0 Å². The summed E-state index contributed by atoms with van der Waals surface area (Å²) in [5.41, 5.74) is 0. The van der Waals surface area contributed by atoms with Gasteiger partial charge in [-0.25, -0.2) is 13.3 Å². The van der Waals surface area contributed by atoms with Crippen LogP contribution in [0, 0.1) is 0 Å². The second-order valence-corrected chi connectivity index (χ2v) is 4.05. The number of hydrogen-bond acceptors (Lipinski definition) is 4. The largest absolute Gasteiger partial charge is 0.475 e. The van der Waals surface area contributed by atoms with E-state index >= 15 is 0 Å². The standard InChI is InChI=1S/C6H10F5O4P/c7-1-3-13-16(12,14-4-2-8)15-5-6(9,10)11/h1-5H2. The van der Waals surface area contributed by atoms with Crippen LogP contribution in [-0.4, -0.2) is 39.3 Å². The predicted molar refractivity (Wildman–Crippen MR) is 43.5 cm³/mol. The fourth-order valence-electron chi connectivity index (χ4n) is 0.557. The topological polar surface area (TPSA) is 44.8 Å². The van der Waals surface area contributed by atoms with E-state index in [1.165, 1.54) is 0 Å². The lowest BCUT2D eigenvalue weighted by Crippen LogP contribution is -2.17. The molecule has 0 fully saturated rings. The maximum absolute atomic E-state index is 11.7. The third kappa shape index (κ3) is 7.98. The molecule has 0 spiro atoms. The average Bonchev–Trinajstić information content (AvgIpc) is 2.20. The zero-order valence-electron chi connectivity index (χ0n) is 8.01. The van der Waals surface area contributed by atoms with Crippen molar-refractivity contribution in [3.05, 3.63) is 0 Å². The van der Waals surface area contributed by atoms with Gasteiger partial charge in [-0.2, -0.15) is 13.2 Å².